The summed E-state index contributed by atoms with van der Waals surface area (Å²) in [5.41, 5.74) is 3.27. The zero-order chi connectivity index (χ0) is 22.9. The molecule has 182 valence electrons. The van der Waals surface area contributed by atoms with Crippen molar-refractivity contribution in [2.45, 2.75) is 39.2 Å². The van der Waals surface area contributed by atoms with Gasteiger partial charge in [0, 0.05) is 58.1 Å². The number of nitrogens with one attached hydrogen (secondary N) is 1. The Labute approximate surface area is 218 Å². The van der Waals surface area contributed by atoms with Crippen LogP contribution in [0.5, 0.6) is 0 Å². The predicted molar refractivity (Wildman–Crippen MR) is 147 cm³/mol. The summed E-state index contributed by atoms with van der Waals surface area (Å²) >= 11 is 0. The van der Waals surface area contributed by atoms with Gasteiger partial charge in [0.15, 0.2) is 11.8 Å². The van der Waals surface area contributed by atoms with E-state index < -0.39 is 0 Å². The van der Waals surface area contributed by atoms with E-state index in [1.807, 2.05) is 18.2 Å². The minimum Gasteiger partial charge on any atom is -0.372 e. The second kappa shape index (κ2) is 13.3. The zero-order valence-corrected chi connectivity index (χ0v) is 22.3. The van der Waals surface area contributed by atoms with Gasteiger partial charge in [-0.3, -0.25) is 9.98 Å². The monoisotopic (exact) mass is 575 g/mol. The van der Waals surface area contributed by atoms with Crippen LogP contribution in [0.25, 0.3) is 11.6 Å². The average molecular weight is 575 g/mol. The van der Waals surface area contributed by atoms with Gasteiger partial charge in [0.1, 0.15) is 5.69 Å². The van der Waals surface area contributed by atoms with E-state index in [1.54, 1.807) is 6.20 Å². The summed E-state index contributed by atoms with van der Waals surface area (Å²) in [7, 11) is 2.06. The van der Waals surface area contributed by atoms with Gasteiger partial charge < -0.3 is 19.6 Å². The lowest BCUT2D eigenvalue weighted by Crippen LogP contribution is -2.38. The highest BCUT2D eigenvalue weighted by Gasteiger charge is 2.12. The van der Waals surface area contributed by atoms with Crippen molar-refractivity contribution in [2.75, 3.05) is 38.1 Å². The Morgan fingerprint density at radius 3 is 2.62 bits per heavy atom. The molecule has 1 N–H and O–H groups in total. The summed E-state index contributed by atoms with van der Waals surface area (Å²) in [5.74, 6) is 1.93. The number of guanidine groups is 1. The lowest BCUT2D eigenvalue weighted by Gasteiger charge is -2.29. The van der Waals surface area contributed by atoms with Gasteiger partial charge >= 0.3 is 0 Å². The van der Waals surface area contributed by atoms with Crippen LogP contribution in [0.4, 0.5) is 5.69 Å². The van der Waals surface area contributed by atoms with Crippen molar-refractivity contribution in [1.29, 1.82) is 0 Å². The first-order chi connectivity index (χ1) is 16.2. The van der Waals surface area contributed by atoms with Gasteiger partial charge in [-0.15, -0.1) is 24.0 Å². The molecule has 3 heterocycles. The third-order valence-corrected chi connectivity index (χ3v) is 5.72. The summed E-state index contributed by atoms with van der Waals surface area (Å²) < 4.78 is 5.33. The van der Waals surface area contributed by atoms with Crippen LogP contribution in [0.1, 0.15) is 37.6 Å². The van der Waals surface area contributed by atoms with Crippen LogP contribution in [0.2, 0.25) is 0 Å². The summed E-state index contributed by atoms with van der Waals surface area (Å²) in [6.45, 7) is 6.58. The fraction of sp³-hybridized carbons (Fsp3) is 0.440. The zero-order valence-electron chi connectivity index (χ0n) is 20.0. The maximum Gasteiger partial charge on any atom is 0.276 e. The molecule has 0 amide bonds. The Bertz CT molecular complexity index is 1020. The molecule has 8 nitrogen and oxygen atoms in total. The molecule has 1 aliphatic heterocycles. The quantitative estimate of drug-likeness (QED) is 0.243. The molecule has 0 unspecified atom stereocenters. The number of hydrogen-bond donors (Lipinski definition) is 1. The number of aliphatic imine (C=N–C) groups is 1. The Hall–Kier alpha value is -2.69. The number of pyridine rings is 1. The van der Waals surface area contributed by atoms with Crippen molar-refractivity contribution in [2.24, 2.45) is 4.99 Å². The molecule has 0 spiro atoms. The summed E-state index contributed by atoms with van der Waals surface area (Å²) in [5, 5.41) is 7.44. The van der Waals surface area contributed by atoms with E-state index in [1.165, 1.54) is 43.6 Å². The molecule has 0 bridgehead atoms. The second-order valence-corrected chi connectivity index (χ2v) is 8.29. The molecule has 0 saturated carbocycles. The molecule has 4 rings (SSSR count). The smallest absolute Gasteiger partial charge is 0.276 e. The SMILES string of the molecule is CCNC(=NCCc1noc(-c2ccccn2)n1)N(C)Cc1ccc(N2CCCCC2)cc1.I. The van der Waals surface area contributed by atoms with Crippen LogP contribution < -0.4 is 10.2 Å². The molecule has 0 aliphatic carbocycles. The topological polar surface area (TPSA) is 82.7 Å². The highest BCUT2D eigenvalue weighted by Crippen LogP contribution is 2.20. The molecule has 1 aliphatic rings. The minimum absolute atomic E-state index is 0. The first-order valence-electron chi connectivity index (χ1n) is 11.8. The molecule has 9 heteroatoms. The van der Waals surface area contributed by atoms with Crippen molar-refractivity contribution in [3.8, 4) is 11.6 Å². The number of rotatable bonds is 8. The van der Waals surface area contributed by atoms with E-state index in [9.17, 15) is 0 Å². The van der Waals surface area contributed by atoms with Crippen LogP contribution in [0.3, 0.4) is 0 Å². The van der Waals surface area contributed by atoms with Crippen molar-refractivity contribution >= 4 is 35.6 Å². The highest BCUT2D eigenvalue weighted by molar-refractivity contribution is 14.0. The number of hydrogen-bond acceptors (Lipinski definition) is 6. The van der Waals surface area contributed by atoms with E-state index in [0.29, 0.717) is 30.4 Å². The summed E-state index contributed by atoms with van der Waals surface area (Å²) in [6.07, 6.45) is 6.25. The van der Waals surface area contributed by atoms with Gasteiger partial charge in [-0.05, 0) is 56.0 Å². The molecular formula is C25H34IN7O. The van der Waals surface area contributed by atoms with Gasteiger partial charge in [-0.25, -0.2) is 0 Å². The minimum atomic E-state index is 0. The number of halogens is 1. The largest absolute Gasteiger partial charge is 0.372 e. The number of benzene rings is 1. The molecule has 3 aromatic rings. The normalized spacial score (nSPS) is 13.9. The predicted octanol–water partition coefficient (Wildman–Crippen LogP) is 4.38. The van der Waals surface area contributed by atoms with Gasteiger partial charge in [-0.2, -0.15) is 4.98 Å². The molecule has 34 heavy (non-hydrogen) atoms. The van der Waals surface area contributed by atoms with E-state index in [-0.39, 0.29) is 24.0 Å². The van der Waals surface area contributed by atoms with Crippen molar-refractivity contribution in [3.05, 3.63) is 60.0 Å². The van der Waals surface area contributed by atoms with Crippen molar-refractivity contribution < 1.29 is 4.52 Å². The van der Waals surface area contributed by atoms with Crippen LogP contribution in [0, 0.1) is 0 Å². The molecule has 0 radical (unpaired) electrons. The molecule has 1 saturated heterocycles. The Kier molecular flexibility index (Phi) is 10.1. The fourth-order valence-corrected chi connectivity index (χ4v) is 3.99. The van der Waals surface area contributed by atoms with Crippen molar-refractivity contribution in [3.63, 3.8) is 0 Å². The maximum absolute atomic E-state index is 5.33. The molecule has 2 aromatic heterocycles. The van der Waals surface area contributed by atoms with Gasteiger partial charge in [-0.1, -0.05) is 23.4 Å². The fourth-order valence-electron chi connectivity index (χ4n) is 3.99. The number of nitrogens with zero attached hydrogens (tertiary/aromatic N) is 6. The second-order valence-electron chi connectivity index (χ2n) is 8.29. The van der Waals surface area contributed by atoms with E-state index in [0.717, 1.165) is 19.0 Å². The number of aromatic nitrogens is 3. The summed E-state index contributed by atoms with van der Waals surface area (Å²) in [6, 6.07) is 14.5. The Balaban J connectivity index is 0.00000324. The van der Waals surface area contributed by atoms with Crippen LogP contribution in [-0.2, 0) is 13.0 Å². The number of anilines is 1. The molecule has 0 atom stereocenters. The summed E-state index contributed by atoms with van der Waals surface area (Å²) in [4.78, 5) is 18.1. The number of piperidine rings is 1. The molecule has 1 aromatic carbocycles. The van der Waals surface area contributed by atoms with Crippen molar-refractivity contribution in [1.82, 2.24) is 25.3 Å². The van der Waals surface area contributed by atoms with E-state index in [4.69, 9.17) is 9.52 Å². The van der Waals surface area contributed by atoms with Crippen LogP contribution in [0.15, 0.2) is 58.2 Å². The lowest BCUT2D eigenvalue weighted by molar-refractivity contribution is 0.421. The van der Waals surface area contributed by atoms with Crippen LogP contribution >= 0.6 is 24.0 Å². The first-order valence-corrected chi connectivity index (χ1v) is 11.8. The maximum atomic E-state index is 5.33. The van der Waals surface area contributed by atoms with Gasteiger partial charge in [0.25, 0.3) is 5.89 Å². The van der Waals surface area contributed by atoms with Gasteiger partial charge in [0.05, 0.1) is 0 Å². The Morgan fingerprint density at radius 1 is 1.12 bits per heavy atom. The average Bonchev–Trinajstić information content (AvgIpc) is 3.34. The Morgan fingerprint density at radius 2 is 1.91 bits per heavy atom. The third kappa shape index (κ3) is 7.15. The third-order valence-electron chi connectivity index (χ3n) is 5.72. The highest BCUT2D eigenvalue weighted by atomic mass is 127. The van der Waals surface area contributed by atoms with Gasteiger partial charge in [0.2, 0.25) is 0 Å². The molecule has 1 fully saturated rings. The van der Waals surface area contributed by atoms with E-state index >= 15 is 0 Å². The standard InChI is InChI=1S/C25H33N7O.HI/c1-3-26-25(28-16-14-23-29-24(33-30-23)22-9-5-6-15-27-22)31(2)19-20-10-12-21(13-11-20)32-17-7-4-8-18-32;/h5-6,9-13,15H,3-4,7-8,14,16-19H2,1-2H3,(H,26,28);1H. The van der Waals surface area contributed by atoms with Crippen LogP contribution in [-0.4, -0.2) is 59.2 Å². The van der Waals surface area contributed by atoms with E-state index in [2.05, 4.69) is 68.5 Å². The first kappa shape index (κ1) is 25.9. The lowest BCUT2D eigenvalue weighted by atomic mass is 10.1. The molecular weight excluding hydrogens is 541 g/mol.